The molecule has 0 amide bonds. The van der Waals surface area contributed by atoms with Gasteiger partial charge in [-0.25, -0.2) is 8.42 Å². The van der Waals surface area contributed by atoms with E-state index in [1.54, 1.807) is 12.1 Å². The molecule has 1 unspecified atom stereocenters. The van der Waals surface area contributed by atoms with E-state index >= 15 is 0 Å². The summed E-state index contributed by atoms with van der Waals surface area (Å²) in [6, 6.07) is 5.30. The summed E-state index contributed by atoms with van der Waals surface area (Å²) in [5, 5.41) is -0.337. The molecular formula is C10H12BrNO2S. The Morgan fingerprint density at radius 2 is 2.20 bits per heavy atom. The molecule has 0 fully saturated rings. The number of halogens is 1. The molecule has 0 bridgehead atoms. The first-order valence-corrected chi connectivity index (χ1v) is 7.12. The smallest absolute Gasteiger partial charge is 0.181 e. The Morgan fingerprint density at radius 3 is 2.80 bits per heavy atom. The van der Waals surface area contributed by atoms with E-state index in [1.165, 1.54) is 0 Å². The number of hydrogen-bond acceptors (Lipinski definition) is 3. The Labute approximate surface area is 97.7 Å². The summed E-state index contributed by atoms with van der Waals surface area (Å²) < 4.78 is 25.0. The molecule has 2 N–H and O–H groups in total. The number of benzene rings is 1. The van der Waals surface area contributed by atoms with Crippen molar-refractivity contribution in [2.45, 2.75) is 23.0 Å². The topological polar surface area (TPSA) is 60.2 Å². The van der Waals surface area contributed by atoms with E-state index in [0.29, 0.717) is 24.3 Å². The average molecular weight is 290 g/mol. The molecule has 1 aliphatic heterocycles. The summed E-state index contributed by atoms with van der Waals surface area (Å²) in [6.45, 7) is 0.412. The lowest BCUT2D eigenvalue weighted by molar-refractivity contribution is 0.580. The molecule has 82 valence electrons. The zero-order chi connectivity index (χ0) is 11.1. The van der Waals surface area contributed by atoms with Crippen molar-refractivity contribution in [3.8, 4) is 0 Å². The maximum atomic E-state index is 12.0. The minimum Gasteiger partial charge on any atom is -0.330 e. The lowest BCUT2D eigenvalue weighted by atomic mass is 10.1. The Morgan fingerprint density at radius 1 is 1.47 bits per heavy atom. The summed E-state index contributed by atoms with van der Waals surface area (Å²) in [5.41, 5.74) is 6.33. The van der Waals surface area contributed by atoms with Gasteiger partial charge < -0.3 is 5.73 Å². The van der Waals surface area contributed by atoms with Crippen molar-refractivity contribution in [2.24, 2.45) is 5.73 Å². The zero-order valence-electron chi connectivity index (χ0n) is 8.11. The fraction of sp³-hybridized carbons (Fsp3) is 0.400. The molecule has 1 atom stereocenters. The van der Waals surface area contributed by atoms with Crippen molar-refractivity contribution in [1.82, 2.24) is 0 Å². The first-order valence-electron chi connectivity index (χ1n) is 4.78. The predicted octanol–water partition coefficient (Wildman–Crippen LogP) is 1.50. The summed E-state index contributed by atoms with van der Waals surface area (Å²) in [7, 11) is -3.14. The third kappa shape index (κ3) is 1.73. The van der Waals surface area contributed by atoms with Gasteiger partial charge in [-0.15, -0.1) is 0 Å². The van der Waals surface area contributed by atoms with Crippen molar-refractivity contribution in [2.75, 3.05) is 6.54 Å². The highest BCUT2D eigenvalue weighted by Crippen LogP contribution is 2.36. The lowest BCUT2D eigenvalue weighted by Gasteiger charge is -2.06. The molecule has 1 aromatic rings. The van der Waals surface area contributed by atoms with E-state index in [0.717, 1.165) is 10.0 Å². The second kappa shape index (κ2) is 3.88. The van der Waals surface area contributed by atoms with Gasteiger partial charge in [-0.2, -0.15) is 0 Å². The van der Waals surface area contributed by atoms with Crippen molar-refractivity contribution >= 4 is 25.8 Å². The summed E-state index contributed by atoms with van der Waals surface area (Å²) in [6.07, 6.45) is 1.11. The van der Waals surface area contributed by atoms with Gasteiger partial charge in [0.05, 0.1) is 10.1 Å². The predicted molar refractivity (Wildman–Crippen MR) is 62.5 cm³/mol. The van der Waals surface area contributed by atoms with Gasteiger partial charge in [0.25, 0.3) is 0 Å². The Kier molecular flexibility index (Phi) is 2.87. The molecule has 3 nitrogen and oxygen atoms in total. The minimum atomic E-state index is -3.14. The van der Waals surface area contributed by atoms with Crippen LogP contribution in [0, 0.1) is 0 Å². The molecule has 1 heterocycles. The van der Waals surface area contributed by atoms with Crippen LogP contribution >= 0.6 is 15.9 Å². The molecule has 1 aromatic carbocycles. The van der Waals surface area contributed by atoms with E-state index < -0.39 is 9.84 Å². The largest absolute Gasteiger partial charge is 0.330 e. The summed E-state index contributed by atoms with van der Waals surface area (Å²) in [4.78, 5) is 0.468. The molecule has 2 rings (SSSR count). The number of sulfone groups is 1. The van der Waals surface area contributed by atoms with Gasteiger partial charge in [0.1, 0.15) is 0 Å². The van der Waals surface area contributed by atoms with Gasteiger partial charge in [0, 0.05) is 4.47 Å². The van der Waals surface area contributed by atoms with Gasteiger partial charge in [0.15, 0.2) is 9.84 Å². The molecule has 15 heavy (non-hydrogen) atoms. The quantitative estimate of drug-likeness (QED) is 0.898. The van der Waals surface area contributed by atoms with Gasteiger partial charge in [0.2, 0.25) is 0 Å². The van der Waals surface area contributed by atoms with Crippen LogP contribution in [-0.2, 0) is 16.3 Å². The fourth-order valence-corrected chi connectivity index (χ4v) is 4.62. The molecule has 5 heteroatoms. The van der Waals surface area contributed by atoms with Crippen LogP contribution in [0.4, 0.5) is 0 Å². The Balaban J connectivity index is 2.52. The zero-order valence-corrected chi connectivity index (χ0v) is 10.5. The van der Waals surface area contributed by atoms with Crippen LogP contribution in [-0.4, -0.2) is 20.2 Å². The van der Waals surface area contributed by atoms with E-state index in [9.17, 15) is 8.42 Å². The van der Waals surface area contributed by atoms with Gasteiger partial charge in [-0.1, -0.05) is 22.0 Å². The van der Waals surface area contributed by atoms with Crippen LogP contribution < -0.4 is 5.73 Å². The second-order valence-corrected chi connectivity index (χ2v) is 6.72. The van der Waals surface area contributed by atoms with E-state index in [-0.39, 0.29) is 5.25 Å². The first kappa shape index (κ1) is 11.1. The standard InChI is InChI=1S/C10H12BrNO2S/c11-9-2-1-3-10-8(9)6-7(4-5-12)15(10,13)14/h1-3,7H,4-6,12H2. The normalized spacial score (nSPS) is 22.7. The van der Waals surface area contributed by atoms with E-state index in [2.05, 4.69) is 15.9 Å². The van der Waals surface area contributed by atoms with E-state index in [4.69, 9.17) is 5.73 Å². The number of nitrogens with two attached hydrogens (primary N) is 1. The van der Waals surface area contributed by atoms with Gasteiger partial charge in [-0.3, -0.25) is 0 Å². The lowest BCUT2D eigenvalue weighted by Crippen LogP contribution is -2.20. The molecule has 0 saturated heterocycles. The molecule has 0 aromatic heterocycles. The molecule has 0 radical (unpaired) electrons. The highest BCUT2D eigenvalue weighted by Gasteiger charge is 2.37. The molecular weight excluding hydrogens is 278 g/mol. The average Bonchev–Trinajstić information content (AvgIpc) is 2.43. The third-order valence-electron chi connectivity index (χ3n) is 2.74. The van der Waals surface area contributed by atoms with Crippen LogP contribution in [0.1, 0.15) is 12.0 Å². The highest BCUT2D eigenvalue weighted by atomic mass is 79.9. The van der Waals surface area contributed by atoms with Crippen LogP contribution in [0.2, 0.25) is 0 Å². The number of rotatable bonds is 2. The SMILES string of the molecule is NCCC1Cc2c(Br)cccc2S1(=O)=O. The van der Waals surface area contributed by atoms with Crippen molar-refractivity contribution in [3.05, 3.63) is 28.2 Å². The highest BCUT2D eigenvalue weighted by molar-refractivity contribution is 9.10. The minimum absolute atomic E-state index is 0.337. The fourth-order valence-electron chi connectivity index (χ4n) is 1.96. The Bertz CT molecular complexity index is 484. The maximum Gasteiger partial charge on any atom is 0.181 e. The van der Waals surface area contributed by atoms with Crippen LogP contribution in [0.3, 0.4) is 0 Å². The monoisotopic (exact) mass is 289 g/mol. The molecule has 0 spiro atoms. The molecule has 0 saturated carbocycles. The van der Waals surface area contributed by atoms with Crippen LogP contribution in [0.15, 0.2) is 27.6 Å². The molecule has 1 aliphatic rings. The van der Waals surface area contributed by atoms with Crippen LogP contribution in [0.25, 0.3) is 0 Å². The van der Waals surface area contributed by atoms with Crippen molar-refractivity contribution < 1.29 is 8.42 Å². The summed E-state index contributed by atoms with van der Waals surface area (Å²) in [5.74, 6) is 0. The van der Waals surface area contributed by atoms with E-state index in [1.807, 2.05) is 6.07 Å². The number of fused-ring (bicyclic) bond motifs is 1. The Hall–Kier alpha value is -0.390. The van der Waals surface area contributed by atoms with Crippen molar-refractivity contribution in [3.63, 3.8) is 0 Å². The van der Waals surface area contributed by atoms with Gasteiger partial charge in [-0.05, 0) is 37.1 Å². The third-order valence-corrected chi connectivity index (χ3v) is 5.76. The van der Waals surface area contributed by atoms with Crippen molar-refractivity contribution in [1.29, 1.82) is 0 Å². The molecule has 0 aliphatic carbocycles. The maximum absolute atomic E-state index is 12.0. The van der Waals surface area contributed by atoms with Gasteiger partial charge >= 0.3 is 0 Å². The number of hydrogen-bond donors (Lipinski definition) is 1. The van der Waals surface area contributed by atoms with Crippen LogP contribution in [0.5, 0.6) is 0 Å². The first-order chi connectivity index (χ1) is 7.07. The summed E-state index contributed by atoms with van der Waals surface area (Å²) >= 11 is 3.38. The second-order valence-electron chi connectivity index (χ2n) is 3.67.